The maximum Gasteiger partial charge on any atom is 0.408 e. The number of carbonyl (C=O) groups excluding carboxylic acids is 3. The third-order valence-electron chi connectivity index (χ3n) is 4.73. The Morgan fingerprint density at radius 2 is 1.78 bits per heavy atom. The van der Waals surface area contributed by atoms with Crippen LogP contribution in [0.25, 0.3) is 0 Å². The number of carbonyl (C=O) groups is 3. The molecule has 0 radical (unpaired) electrons. The zero-order chi connectivity index (χ0) is 19.6. The standard InChI is InChI=1S/C19H27N3O5/c20-17(24)16(14-9-5-2-6-10-14)22-18(25)15(11-23)21-19(26)27-12-13-7-3-1-4-8-13/h1,3-4,7-8,14-16,23H,2,5-6,9-12H2,(H2,20,24)(H,21,26)(H,22,25)/t15-,16-/m0/s1. The van der Waals surface area contributed by atoms with Gasteiger partial charge in [0, 0.05) is 0 Å². The van der Waals surface area contributed by atoms with Crippen molar-refractivity contribution in [1.82, 2.24) is 10.6 Å². The molecule has 0 saturated heterocycles. The van der Waals surface area contributed by atoms with Gasteiger partial charge in [-0.15, -0.1) is 0 Å². The van der Waals surface area contributed by atoms with Gasteiger partial charge in [-0.3, -0.25) is 9.59 Å². The third kappa shape index (κ3) is 6.56. The van der Waals surface area contributed by atoms with Crippen molar-refractivity contribution >= 4 is 17.9 Å². The third-order valence-corrected chi connectivity index (χ3v) is 4.73. The van der Waals surface area contributed by atoms with Crippen LogP contribution in [-0.2, 0) is 20.9 Å². The Balaban J connectivity index is 1.87. The summed E-state index contributed by atoms with van der Waals surface area (Å²) in [5, 5.41) is 14.3. The molecule has 3 amide bonds. The normalized spacial score (nSPS) is 16.8. The van der Waals surface area contributed by atoms with E-state index in [4.69, 9.17) is 10.5 Å². The number of benzene rings is 1. The van der Waals surface area contributed by atoms with Crippen LogP contribution in [0.15, 0.2) is 30.3 Å². The Morgan fingerprint density at radius 1 is 1.11 bits per heavy atom. The molecule has 0 spiro atoms. The zero-order valence-corrected chi connectivity index (χ0v) is 15.2. The summed E-state index contributed by atoms with van der Waals surface area (Å²) in [6.45, 7) is -0.582. The average molecular weight is 377 g/mol. The Morgan fingerprint density at radius 3 is 2.37 bits per heavy atom. The number of hydrogen-bond acceptors (Lipinski definition) is 5. The highest BCUT2D eigenvalue weighted by Crippen LogP contribution is 2.26. The maximum atomic E-state index is 12.4. The largest absolute Gasteiger partial charge is 0.445 e. The Kier molecular flexibility index (Phi) is 8.06. The van der Waals surface area contributed by atoms with Gasteiger partial charge in [0.25, 0.3) is 0 Å². The second kappa shape index (κ2) is 10.5. The molecule has 2 rings (SSSR count). The van der Waals surface area contributed by atoms with Gasteiger partial charge in [-0.05, 0) is 24.3 Å². The molecule has 27 heavy (non-hydrogen) atoms. The lowest BCUT2D eigenvalue weighted by atomic mass is 9.83. The fraction of sp³-hybridized carbons (Fsp3) is 0.526. The van der Waals surface area contributed by atoms with Crippen molar-refractivity contribution in [3.8, 4) is 0 Å². The summed E-state index contributed by atoms with van der Waals surface area (Å²) in [7, 11) is 0. The first kappa shape index (κ1) is 20.7. The lowest BCUT2D eigenvalue weighted by Gasteiger charge is -2.29. The number of rotatable bonds is 8. The fourth-order valence-corrected chi connectivity index (χ4v) is 3.24. The van der Waals surface area contributed by atoms with Crippen molar-refractivity contribution in [1.29, 1.82) is 0 Å². The molecule has 1 aliphatic carbocycles. The molecular formula is C19H27N3O5. The van der Waals surface area contributed by atoms with E-state index in [0.29, 0.717) is 0 Å². The number of nitrogens with two attached hydrogens (primary N) is 1. The van der Waals surface area contributed by atoms with Crippen molar-refractivity contribution in [3.05, 3.63) is 35.9 Å². The lowest BCUT2D eigenvalue weighted by Crippen LogP contribution is -2.56. The molecule has 5 N–H and O–H groups in total. The average Bonchev–Trinajstić information content (AvgIpc) is 2.69. The summed E-state index contributed by atoms with van der Waals surface area (Å²) < 4.78 is 5.05. The summed E-state index contributed by atoms with van der Waals surface area (Å²) in [5.74, 6) is -1.30. The van der Waals surface area contributed by atoms with E-state index in [1.165, 1.54) is 0 Å². The van der Waals surface area contributed by atoms with Gasteiger partial charge in [-0.1, -0.05) is 49.6 Å². The zero-order valence-electron chi connectivity index (χ0n) is 15.2. The molecule has 2 atom stereocenters. The number of alkyl carbamates (subject to hydrolysis) is 1. The molecule has 1 fully saturated rings. The van der Waals surface area contributed by atoms with E-state index in [-0.39, 0.29) is 12.5 Å². The molecule has 1 aliphatic rings. The molecule has 0 aliphatic heterocycles. The topological polar surface area (TPSA) is 131 Å². The minimum absolute atomic E-state index is 0.0235. The van der Waals surface area contributed by atoms with Gasteiger partial charge in [-0.2, -0.15) is 0 Å². The summed E-state index contributed by atoms with van der Waals surface area (Å²) in [5.41, 5.74) is 6.24. The smallest absolute Gasteiger partial charge is 0.408 e. The first-order chi connectivity index (χ1) is 13.0. The van der Waals surface area contributed by atoms with E-state index in [1.54, 1.807) is 12.1 Å². The molecule has 0 heterocycles. The SMILES string of the molecule is NC(=O)[C@@H](NC(=O)[C@H](CO)NC(=O)OCc1ccccc1)C1CCCCC1. The van der Waals surface area contributed by atoms with Crippen molar-refractivity contribution < 1.29 is 24.2 Å². The van der Waals surface area contributed by atoms with E-state index in [9.17, 15) is 19.5 Å². The molecule has 1 aromatic rings. The van der Waals surface area contributed by atoms with Crippen molar-refractivity contribution in [3.63, 3.8) is 0 Å². The minimum atomic E-state index is -1.22. The monoisotopic (exact) mass is 377 g/mol. The molecule has 0 bridgehead atoms. The molecule has 148 valence electrons. The Hall–Kier alpha value is -2.61. The van der Waals surface area contributed by atoms with Gasteiger partial charge in [0.15, 0.2) is 0 Å². The predicted octanol–water partition coefficient (Wildman–Crippen LogP) is 0.824. The Labute approximate surface area is 158 Å². The van der Waals surface area contributed by atoms with Crippen molar-refractivity contribution in [2.45, 2.75) is 50.8 Å². The summed E-state index contributed by atoms with van der Waals surface area (Å²) >= 11 is 0. The summed E-state index contributed by atoms with van der Waals surface area (Å²) in [6.07, 6.45) is 3.86. The summed E-state index contributed by atoms with van der Waals surface area (Å²) in [4.78, 5) is 36.0. The van der Waals surface area contributed by atoms with E-state index in [0.717, 1.165) is 37.7 Å². The van der Waals surface area contributed by atoms with Crippen LogP contribution in [0, 0.1) is 5.92 Å². The number of amides is 3. The van der Waals surface area contributed by atoms with Crippen LogP contribution in [0.2, 0.25) is 0 Å². The first-order valence-electron chi connectivity index (χ1n) is 9.19. The fourth-order valence-electron chi connectivity index (χ4n) is 3.24. The van der Waals surface area contributed by atoms with Gasteiger partial charge < -0.3 is 26.2 Å². The van der Waals surface area contributed by atoms with Crippen LogP contribution >= 0.6 is 0 Å². The molecule has 1 aromatic carbocycles. The number of aliphatic hydroxyl groups excluding tert-OH is 1. The van der Waals surface area contributed by atoms with Crippen molar-refractivity contribution in [2.24, 2.45) is 11.7 Å². The van der Waals surface area contributed by atoms with Crippen LogP contribution in [0.1, 0.15) is 37.7 Å². The minimum Gasteiger partial charge on any atom is -0.445 e. The van der Waals surface area contributed by atoms with E-state index in [1.807, 2.05) is 18.2 Å². The van der Waals surface area contributed by atoms with E-state index < -0.39 is 36.6 Å². The molecular weight excluding hydrogens is 350 g/mol. The number of hydrogen-bond donors (Lipinski definition) is 4. The maximum absolute atomic E-state index is 12.4. The van der Waals surface area contributed by atoms with Crippen LogP contribution in [0.4, 0.5) is 4.79 Å². The van der Waals surface area contributed by atoms with Crippen LogP contribution in [-0.4, -0.2) is 41.7 Å². The van der Waals surface area contributed by atoms with Gasteiger partial charge in [0.05, 0.1) is 6.61 Å². The number of aliphatic hydroxyl groups is 1. The highest BCUT2D eigenvalue weighted by molar-refractivity contribution is 5.91. The van der Waals surface area contributed by atoms with Crippen LogP contribution < -0.4 is 16.4 Å². The van der Waals surface area contributed by atoms with Gasteiger partial charge in [0.2, 0.25) is 11.8 Å². The highest BCUT2D eigenvalue weighted by Gasteiger charge is 2.32. The number of primary amides is 1. The number of nitrogens with one attached hydrogen (secondary N) is 2. The highest BCUT2D eigenvalue weighted by atomic mass is 16.5. The van der Waals surface area contributed by atoms with Gasteiger partial charge in [0.1, 0.15) is 18.7 Å². The van der Waals surface area contributed by atoms with Gasteiger partial charge in [-0.25, -0.2) is 4.79 Å². The molecule has 1 saturated carbocycles. The van der Waals surface area contributed by atoms with E-state index in [2.05, 4.69) is 10.6 Å². The van der Waals surface area contributed by atoms with Crippen LogP contribution in [0.3, 0.4) is 0 Å². The van der Waals surface area contributed by atoms with Gasteiger partial charge >= 0.3 is 6.09 Å². The Bertz CT molecular complexity index is 631. The van der Waals surface area contributed by atoms with E-state index >= 15 is 0 Å². The predicted molar refractivity (Wildman–Crippen MR) is 98.3 cm³/mol. The molecule has 0 unspecified atom stereocenters. The lowest BCUT2D eigenvalue weighted by molar-refractivity contribution is -0.130. The second-order valence-electron chi connectivity index (χ2n) is 6.73. The summed E-state index contributed by atoms with van der Waals surface area (Å²) in [6, 6.07) is 7.03. The molecule has 8 heteroatoms. The second-order valence-corrected chi connectivity index (χ2v) is 6.73. The first-order valence-corrected chi connectivity index (χ1v) is 9.19. The van der Waals surface area contributed by atoms with Crippen LogP contribution in [0.5, 0.6) is 0 Å². The molecule has 8 nitrogen and oxygen atoms in total. The number of ether oxygens (including phenoxy) is 1. The molecule has 0 aromatic heterocycles. The van der Waals surface area contributed by atoms with Crippen molar-refractivity contribution in [2.75, 3.05) is 6.61 Å². The quantitative estimate of drug-likeness (QED) is 0.533.